The van der Waals surface area contributed by atoms with Gasteiger partial charge in [0.1, 0.15) is 29.6 Å². The van der Waals surface area contributed by atoms with Gasteiger partial charge in [-0.05, 0) is 55.3 Å². The van der Waals surface area contributed by atoms with Gasteiger partial charge in [-0.15, -0.1) is 0 Å². The van der Waals surface area contributed by atoms with Gasteiger partial charge >= 0.3 is 5.97 Å². The van der Waals surface area contributed by atoms with Crippen molar-refractivity contribution in [1.29, 1.82) is 0 Å². The number of hydrogen-bond donors (Lipinski definition) is 1. The Hall–Kier alpha value is -3.19. The van der Waals surface area contributed by atoms with E-state index < -0.39 is 5.97 Å². The van der Waals surface area contributed by atoms with Crippen molar-refractivity contribution >= 4 is 34.5 Å². The minimum absolute atomic E-state index is 0.0761. The molecule has 0 aliphatic carbocycles. The third-order valence-electron chi connectivity index (χ3n) is 4.47. The van der Waals surface area contributed by atoms with E-state index in [0.717, 1.165) is 11.1 Å². The molecule has 0 amide bonds. The molecule has 2 aromatic rings. The average Bonchev–Trinajstić information content (AvgIpc) is 3.03. The second kappa shape index (κ2) is 8.67. The summed E-state index contributed by atoms with van der Waals surface area (Å²) < 4.78 is 16.3. The van der Waals surface area contributed by atoms with Gasteiger partial charge in [0.2, 0.25) is 0 Å². The van der Waals surface area contributed by atoms with E-state index in [2.05, 4.69) is 4.99 Å². The maximum absolute atomic E-state index is 12.5. The molecule has 154 valence electrons. The molecule has 0 saturated heterocycles. The smallest absolute Gasteiger partial charge is 0.344 e. The molecule has 0 spiro atoms. The molecule has 30 heavy (non-hydrogen) atoms. The Morgan fingerprint density at radius 3 is 2.77 bits per heavy atom. The fraction of sp³-hybridized carbons (Fsp3) is 0.217. The number of carbonyl (C=O) groups is 1. The molecule has 0 unspecified atom stereocenters. The lowest BCUT2D eigenvalue weighted by Gasteiger charge is -2.18. The Labute approximate surface area is 178 Å². The van der Waals surface area contributed by atoms with Crippen LogP contribution in [0.15, 0.2) is 63.7 Å². The maximum atomic E-state index is 12.5. The van der Waals surface area contributed by atoms with Crippen molar-refractivity contribution in [3.63, 3.8) is 0 Å². The normalized spacial score (nSPS) is 18.2. The molecule has 0 aromatic heterocycles. The van der Waals surface area contributed by atoms with Gasteiger partial charge in [0.25, 0.3) is 0 Å². The van der Waals surface area contributed by atoms with Crippen LogP contribution in [0.4, 0.5) is 5.69 Å². The molecule has 2 aromatic carbocycles. The van der Waals surface area contributed by atoms with Crippen LogP contribution in [0.5, 0.6) is 11.5 Å². The number of fused-ring (bicyclic) bond motifs is 1. The molecule has 6 nitrogen and oxygen atoms in total. The fourth-order valence-corrected chi connectivity index (χ4v) is 4.14. The number of aliphatic imine (C=N–C) groups is 1. The summed E-state index contributed by atoms with van der Waals surface area (Å²) >= 11 is 1.23. The third-order valence-corrected chi connectivity index (χ3v) is 5.49. The summed E-state index contributed by atoms with van der Waals surface area (Å²) in [5, 5.41) is 11.2. The number of thioether (sulfide) groups is 1. The highest BCUT2D eigenvalue weighted by Crippen LogP contribution is 2.41. The van der Waals surface area contributed by atoms with E-state index in [1.54, 1.807) is 13.0 Å². The molecule has 0 radical (unpaired) electrons. The monoisotopic (exact) mass is 423 g/mol. The number of hydrogen-bond acceptors (Lipinski definition) is 7. The largest absolute Gasteiger partial charge is 0.506 e. The number of ether oxygens (including phenoxy) is 3. The lowest BCUT2D eigenvalue weighted by atomic mass is 10.1. The number of aliphatic hydroxyl groups excluding tert-OH is 1. The summed E-state index contributed by atoms with van der Waals surface area (Å²) in [6.07, 6.45) is 1.79. The van der Waals surface area contributed by atoms with E-state index in [4.69, 9.17) is 14.2 Å². The first-order valence-corrected chi connectivity index (χ1v) is 10.4. The third kappa shape index (κ3) is 4.21. The zero-order valence-corrected chi connectivity index (χ0v) is 17.5. The predicted molar refractivity (Wildman–Crippen MR) is 118 cm³/mol. The van der Waals surface area contributed by atoms with Crippen molar-refractivity contribution in [3.8, 4) is 11.5 Å². The predicted octanol–water partition coefficient (Wildman–Crippen LogP) is 4.96. The van der Waals surface area contributed by atoms with Crippen molar-refractivity contribution in [3.05, 3.63) is 69.8 Å². The minimum atomic E-state index is -0.598. The first-order valence-electron chi connectivity index (χ1n) is 9.61. The summed E-state index contributed by atoms with van der Waals surface area (Å²) in [7, 11) is 0. The minimum Gasteiger partial charge on any atom is -0.506 e. The van der Waals surface area contributed by atoms with Crippen molar-refractivity contribution in [2.75, 3.05) is 19.8 Å². The summed E-state index contributed by atoms with van der Waals surface area (Å²) in [6.45, 7) is 4.92. The van der Waals surface area contributed by atoms with Crippen LogP contribution in [0.2, 0.25) is 0 Å². The first kappa shape index (κ1) is 20.1. The van der Waals surface area contributed by atoms with Gasteiger partial charge in [-0.1, -0.05) is 30.0 Å². The molecule has 0 atom stereocenters. The summed E-state index contributed by atoms with van der Waals surface area (Å²) in [5.74, 6) is 0.608. The molecule has 0 saturated carbocycles. The van der Waals surface area contributed by atoms with Crippen LogP contribution in [0.25, 0.3) is 6.08 Å². The lowest BCUT2D eigenvalue weighted by Crippen LogP contribution is -2.15. The van der Waals surface area contributed by atoms with Gasteiger partial charge in [0.05, 0.1) is 17.2 Å². The standard InChI is InChI=1S/C23H21NO5S/c1-3-27-23(26)20-21(25)19(30-22(20)24-16-6-4-5-14(2)11-16)13-15-7-8-17-18(12-15)29-10-9-28-17/h4-8,11-13,25H,3,9-10H2,1-2H3. The molecule has 0 fully saturated rings. The Kier molecular flexibility index (Phi) is 5.81. The highest BCUT2D eigenvalue weighted by molar-refractivity contribution is 8.18. The molecule has 4 rings (SSSR count). The molecule has 2 heterocycles. The van der Waals surface area contributed by atoms with Crippen molar-refractivity contribution in [1.82, 2.24) is 0 Å². The number of nitrogens with zero attached hydrogens (tertiary/aromatic N) is 1. The van der Waals surface area contributed by atoms with Crippen LogP contribution >= 0.6 is 11.8 Å². The zero-order valence-electron chi connectivity index (χ0n) is 16.7. The van der Waals surface area contributed by atoms with Gasteiger partial charge in [-0.3, -0.25) is 0 Å². The van der Waals surface area contributed by atoms with Gasteiger partial charge in [0.15, 0.2) is 11.5 Å². The van der Waals surface area contributed by atoms with Crippen molar-refractivity contribution in [2.45, 2.75) is 13.8 Å². The van der Waals surface area contributed by atoms with Crippen LogP contribution in [-0.4, -0.2) is 35.9 Å². The van der Waals surface area contributed by atoms with Crippen molar-refractivity contribution in [2.24, 2.45) is 4.99 Å². The Balaban J connectivity index is 1.72. The number of aliphatic hydroxyl groups is 1. The molecule has 2 aliphatic heterocycles. The zero-order chi connectivity index (χ0) is 21.1. The quantitative estimate of drug-likeness (QED) is 0.701. The molecular weight excluding hydrogens is 402 g/mol. The van der Waals surface area contributed by atoms with Gasteiger partial charge in [0, 0.05) is 0 Å². The van der Waals surface area contributed by atoms with Crippen LogP contribution in [0.3, 0.4) is 0 Å². The van der Waals surface area contributed by atoms with E-state index in [1.165, 1.54) is 11.8 Å². The van der Waals surface area contributed by atoms with Crippen molar-refractivity contribution < 1.29 is 24.1 Å². The SMILES string of the molecule is CCOC(=O)C1=C(O)C(=Cc2ccc3c(c2)OCCO3)SC1=Nc1cccc(C)c1. The first-order chi connectivity index (χ1) is 14.5. The number of aryl methyl sites for hydroxylation is 1. The topological polar surface area (TPSA) is 77.4 Å². The second-order valence-electron chi connectivity index (χ2n) is 6.71. The highest BCUT2D eigenvalue weighted by Gasteiger charge is 2.33. The van der Waals surface area contributed by atoms with Gasteiger partial charge in [-0.25, -0.2) is 9.79 Å². The molecular formula is C23H21NO5S. The van der Waals surface area contributed by atoms with E-state index in [-0.39, 0.29) is 17.9 Å². The van der Waals surface area contributed by atoms with Gasteiger partial charge < -0.3 is 19.3 Å². The Morgan fingerprint density at radius 2 is 2.00 bits per heavy atom. The van der Waals surface area contributed by atoms with Crippen LogP contribution in [0.1, 0.15) is 18.1 Å². The van der Waals surface area contributed by atoms with E-state index >= 15 is 0 Å². The Bertz CT molecular complexity index is 1090. The molecule has 2 aliphatic rings. The van der Waals surface area contributed by atoms with Gasteiger partial charge in [-0.2, -0.15) is 0 Å². The number of rotatable bonds is 4. The van der Waals surface area contributed by atoms with Crippen LogP contribution < -0.4 is 9.47 Å². The molecule has 7 heteroatoms. The lowest BCUT2D eigenvalue weighted by molar-refractivity contribution is -0.138. The average molecular weight is 423 g/mol. The molecule has 1 N–H and O–H groups in total. The van der Waals surface area contributed by atoms with E-state index in [9.17, 15) is 9.90 Å². The maximum Gasteiger partial charge on any atom is 0.344 e. The highest BCUT2D eigenvalue weighted by atomic mass is 32.2. The van der Waals surface area contributed by atoms with E-state index in [0.29, 0.717) is 40.3 Å². The summed E-state index contributed by atoms with van der Waals surface area (Å²) in [6, 6.07) is 13.2. The van der Waals surface area contributed by atoms with Crippen LogP contribution in [-0.2, 0) is 9.53 Å². The second-order valence-corrected chi connectivity index (χ2v) is 7.74. The number of carbonyl (C=O) groups excluding carboxylic acids is 1. The summed E-state index contributed by atoms with van der Waals surface area (Å²) in [4.78, 5) is 17.6. The number of esters is 1. The summed E-state index contributed by atoms with van der Waals surface area (Å²) in [5.41, 5.74) is 2.64. The van der Waals surface area contributed by atoms with Crippen LogP contribution in [0, 0.1) is 6.92 Å². The molecule has 0 bridgehead atoms. The number of benzene rings is 2. The fourth-order valence-electron chi connectivity index (χ4n) is 3.11. The Morgan fingerprint density at radius 1 is 1.20 bits per heavy atom. The van der Waals surface area contributed by atoms with E-state index in [1.807, 2.05) is 49.4 Å².